The number of aliphatic hydroxyl groups excluding tert-OH is 1. The van der Waals surface area contributed by atoms with Crippen LogP contribution in [-0.4, -0.2) is 39.1 Å². The maximum absolute atomic E-state index is 11.6. The minimum absolute atomic E-state index is 0.0256. The summed E-state index contributed by atoms with van der Waals surface area (Å²) in [4.78, 5) is 11.1. The van der Waals surface area contributed by atoms with Crippen LogP contribution in [0.5, 0.6) is 0 Å². The zero-order valence-corrected chi connectivity index (χ0v) is 9.08. The molecule has 0 saturated carbocycles. The number of hydrogen-bond donors (Lipinski definition) is 1. The highest BCUT2D eigenvalue weighted by Gasteiger charge is 2.25. The fourth-order valence-corrected chi connectivity index (χ4v) is 2.31. The van der Waals surface area contributed by atoms with E-state index in [1.807, 2.05) is 0 Å². The summed E-state index contributed by atoms with van der Waals surface area (Å²) in [6.07, 6.45) is 2.12. The lowest BCUT2D eigenvalue weighted by molar-refractivity contribution is -0.110. The van der Waals surface area contributed by atoms with Crippen molar-refractivity contribution in [2.24, 2.45) is 0 Å². The highest BCUT2D eigenvalue weighted by Crippen LogP contribution is 2.21. The lowest BCUT2D eigenvalue weighted by Crippen LogP contribution is -2.17. The molecule has 0 saturated heterocycles. The van der Waals surface area contributed by atoms with Crippen molar-refractivity contribution in [2.75, 3.05) is 19.8 Å². The van der Waals surface area contributed by atoms with Crippen LogP contribution in [0.25, 0.3) is 0 Å². The summed E-state index contributed by atoms with van der Waals surface area (Å²) in [6, 6.07) is 0. The van der Waals surface area contributed by atoms with Gasteiger partial charge in [0.1, 0.15) is 0 Å². The number of aliphatic hydroxyl groups is 1. The Hall–Kier alpha value is -0.980. The number of carbonyl (C=O) groups excluding carboxylic acids is 1. The highest BCUT2D eigenvalue weighted by atomic mass is 32.2. The molecule has 0 aliphatic carbocycles. The molecule has 5 nitrogen and oxygen atoms in total. The summed E-state index contributed by atoms with van der Waals surface area (Å²) in [5.41, 5.74) is 0. The van der Waals surface area contributed by atoms with Crippen molar-refractivity contribution < 1.29 is 23.1 Å². The predicted octanol–water partition coefficient (Wildman–Crippen LogP) is -0.219. The van der Waals surface area contributed by atoms with Gasteiger partial charge in [-0.1, -0.05) is 0 Å². The molecule has 1 aliphatic rings. The number of allylic oxidation sites excluding steroid dienone is 3. The summed E-state index contributed by atoms with van der Waals surface area (Å²) in [5, 5.41) is 8.46. The molecular formula is C9H12O5S. The van der Waals surface area contributed by atoms with Crippen LogP contribution in [0.2, 0.25) is 0 Å². The van der Waals surface area contributed by atoms with Crippen molar-refractivity contribution in [3.8, 4) is 0 Å². The third-order valence-electron chi connectivity index (χ3n) is 1.90. The standard InChI is InChI=1S/C9H12O5S/c1-7-4-8(11)5-9(15(7,12)13)6-14-3-2-10/h4-5,10H,2-3,6H2,1H3. The Morgan fingerprint density at radius 2 is 2.07 bits per heavy atom. The zero-order valence-electron chi connectivity index (χ0n) is 8.26. The van der Waals surface area contributed by atoms with Crippen LogP contribution in [0.4, 0.5) is 0 Å². The topological polar surface area (TPSA) is 80.7 Å². The van der Waals surface area contributed by atoms with E-state index in [1.165, 1.54) is 6.92 Å². The molecule has 1 heterocycles. The van der Waals surface area contributed by atoms with Gasteiger partial charge in [-0.05, 0) is 6.92 Å². The lowest BCUT2D eigenvalue weighted by atomic mass is 10.3. The smallest absolute Gasteiger partial charge is 0.201 e. The number of ketones is 1. The fourth-order valence-electron chi connectivity index (χ4n) is 1.12. The Labute approximate surface area is 88.0 Å². The van der Waals surface area contributed by atoms with E-state index in [-0.39, 0.29) is 35.4 Å². The Balaban J connectivity index is 2.83. The number of hydrogen-bond acceptors (Lipinski definition) is 5. The van der Waals surface area contributed by atoms with Gasteiger partial charge in [-0.3, -0.25) is 4.79 Å². The second-order valence-corrected chi connectivity index (χ2v) is 5.22. The minimum Gasteiger partial charge on any atom is -0.394 e. The summed E-state index contributed by atoms with van der Waals surface area (Å²) in [6.45, 7) is 1.05. The quantitative estimate of drug-likeness (QED) is 0.678. The van der Waals surface area contributed by atoms with E-state index in [1.54, 1.807) is 0 Å². The van der Waals surface area contributed by atoms with Crippen molar-refractivity contribution in [3.63, 3.8) is 0 Å². The number of rotatable bonds is 4. The molecule has 0 unspecified atom stereocenters. The largest absolute Gasteiger partial charge is 0.394 e. The maximum atomic E-state index is 11.6. The van der Waals surface area contributed by atoms with Crippen LogP contribution < -0.4 is 0 Å². The van der Waals surface area contributed by atoms with Gasteiger partial charge in [0.15, 0.2) is 5.78 Å². The van der Waals surface area contributed by atoms with E-state index in [0.717, 1.165) is 12.2 Å². The normalized spacial score (nSPS) is 19.7. The monoisotopic (exact) mass is 232 g/mol. The second-order valence-electron chi connectivity index (χ2n) is 3.05. The first-order valence-corrected chi connectivity index (χ1v) is 5.83. The fraction of sp³-hybridized carbons (Fsp3) is 0.444. The molecule has 0 bridgehead atoms. The van der Waals surface area contributed by atoms with Crippen molar-refractivity contribution >= 4 is 15.6 Å². The van der Waals surface area contributed by atoms with Gasteiger partial charge in [0.25, 0.3) is 0 Å². The van der Waals surface area contributed by atoms with Gasteiger partial charge in [-0.2, -0.15) is 0 Å². The van der Waals surface area contributed by atoms with Crippen molar-refractivity contribution in [1.82, 2.24) is 0 Å². The first-order chi connectivity index (χ1) is 6.98. The first kappa shape index (κ1) is 12.1. The van der Waals surface area contributed by atoms with Crippen molar-refractivity contribution in [1.29, 1.82) is 0 Å². The third kappa shape index (κ3) is 2.74. The van der Waals surface area contributed by atoms with Gasteiger partial charge >= 0.3 is 0 Å². The van der Waals surface area contributed by atoms with Gasteiger partial charge in [0, 0.05) is 17.1 Å². The summed E-state index contributed by atoms with van der Waals surface area (Å²) in [7, 11) is -3.52. The van der Waals surface area contributed by atoms with Crippen LogP contribution in [0.3, 0.4) is 0 Å². The molecular weight excluding hydrogens is 220 g/mol. The van der Waals surface area contributed by atoms with E-state index in [9.17, 15) is 13.2 Å². The lowest BCUT2D eigenvalue weighted by Gasteiger charge is -2.12. The first-order valence-electron chi connectivity index (χ1n) is 4.35. The number of sulfone groups is 1. The molecule has 84 valence electrons. The molecule has 6 heteroatoms. The molecule has 15 heavy (non-hydrogen) atoms. The Kier molecular flexibility index (Phi) is 3.78. The summed E-state index contributed by atoms with van der Waals surface area (Å²) >= 11 is 0. The molecule has 0 aromatic heterocycles. The van der Waals surface area contributed by atoms with Crippen LogP contribution in [0.1, 0.15) is 6.92 Å². The van der Waals surface area contributed by atoms with Crippen molar-refractivity contribution in [2.45, 2.75) is 6.92 Å². The Morgan fingerprint density at radius 1 is 1.40 bits per heavy atom. The molecule has 0 amide bonds. The minimum atomic E-state index is -3.52. The molecule has 1 N–H and O–H groups in total. The molecule has 0 fully saturated rings. The zero-order chi connectivity index (χ0) is 11.5. The van der Waals surface area contributed by atoms with E-state index in [2.05, 4.69) is 0 Å². The molecule has 0 spiro atoms. The molecule has 0 aromatic carbocycles. The average molecular weight is 232 g/mol. The highest BCUT2D eigenvalue weighted by molar-refractivity contribution is 7.99. The number of carbonyl (C=O) groups is 1. The van der Waals surface area contributed by atoms with E-state index >= 15 is 0 Å². The second kappa shape index (κ2) is 4.69. The average Bonchev–Trinajstić information content (AvgIpc) is 2.14. The van der Waals surface area contributed by atoms with E-state index in [4.69, 9.17) is 9.84 Å². The number of ether oxygens (including phenoxy) is 1. The summed E-state index contributed by atoms with van der Waals surface area (Å²) < 4.78 is 28.1. The van der Waals surface area contributed by atoms with Crippen LogP contribution >= 0.6 is 0 Å². The molecule has 0 atom stereocenters. The van der Waals surface area contributed by atoms with Gasteiger partial charge in [-0.15, -0.1) is 0 Å². The van der Waals surface area contributed by atoms with Gasteiger partial charge in [0.2, 0.25) is 9.84 Å². The van der Waals surface area contributed by atoms with Crippen LogP contribution in [0, 0.1) is 0 Å². The SMILES string of the molecule is CC1=CC(=O)C=C(COCCO)S1(=O)=O. The van der Waals surface area contributed by atoms with Crippen LogP contribution in [0.15, 0.2) is 22.0 Å². The molecule has 0 radical (unpaired) electrons. The van der Waals surface area contributed by atoms with Gasteiger partial charge in [0.05, 0.1) is 24.7 Å². The molecule has 1 rings (SSSR count). The summed E-state index contributed by atoms with van der Waals surface area (Å²) in [5.74, 6) is -0.357. The van der Waals surface area contributed by atoms with Gasteiger partial charge < -0.3 is 9.84 Å². The maximum Gasteiger partial charge on any atom is 0.201 e. The Morgan fingerprint density at radius 3 is 2.67 bits per heavy atom. The molecule has 1 aliphatic heterocycles. The predicted molar refractivity (Wildman–Crippen MR) is 53.7 cm³/mol. The molecule has 0 aromatic rings. The third-order valence-corrected chi connectivity index (χ3v) is 3.79. The van der Waals surface area contributed by atoms with Crippen LogP contribution in [-0.2, 0) is 19.4 Å². The van der Waals surface area contributed by atoms with E-state index in [0.29, 0.717) is 0 Å². The van der Waals surface area contributed by atoms with Gasteiger partial charge in [-0.25, -0.2) is 8.42 Å². The Bertz CT molecular complexity index is 416. The van der Waals surface area contributed by atoms with Crippen molar-refractivity contribution in [3.05, 3.63) is 22.0 Å². The van der Waals surface area contributed by atoms with E-state index < -0.39 is 9.84 Å².